The van der Waals surface area contributed by atoms with E-state index < -0.39 is 18.6 Å². The van der Waals surface area contributed by atoms with E-state index in [1.54, 1.807) is 6.92 Å². The maximum absolute atomic E-state index is 12.2. The van der Waals surface area contributed by atoms with Crippen molar-refractivity contribution in [3.8, 4) is 0 Å². The molecular weight excluding hydrogens is 221 g/mol. The lowest BCUT2D eigenvalue weighted by Gasteiger charge is -2.23. The molecule has 0 spiro atoms. The zero-order chi connectivity index (χ0) is 12.2. The molecule has 0 aromatic rings. The van der Waals surface area contributed by atoms with Gasteiger partial charge < -0.3 is 10.2 Å². The van der Waals surface area contributed by atoms with Crippen molar-refractivity contribution in [1.29, 1.82) is 0 Å². The summed E-state index contributed by atoms with van der Waals surface area (Å²) in [5, 5.41) is 2.92. The third kappa shape index (κ3) is 5.34. The maximum Gasteiger partial charge on any atom is 0.406 e. The van der Waals surface area contributed by atoms with Gasteiger partial charge in [0, 0.05) is 12.6 Å². The standard InChI is InChI=1S/C10H17F3N2O/c1-2-5-15(7-10(11,12)13)9(16)6-14-8-3-4-8/h8,14H,2-7H2,1H3. The Kier molecular flexibility index (Phi) is 4.58. The van der Waals surface area contributed by atoms with Gasteiger partial charge in [-0.1, -0.05) is 6.92 Å². The Hall–Kier alpha value is -0.780. The summed E-state index contributed by atoms with van der Waals surface area (Å²) < 4.78 is 36.6. The number of alkyl halides is 3. The molecule has 16 heavy (non-hydrogen) atoms. The number of rotatable bonds is 6. The van der Waals surface area contributed by atoms with Gasteiger partial charge in [-0.15, -0.1) is 0 Å². The number of amides is 1. The van der Waals surface area contributed by atoms with Crippen LogP contribution < -0.4 is 5.32 Å². The van der Waals surface area contributed by atoms with E-state index in [-0.39, 0.29) is 13.1 Å². The van der Waals surface area contributed by atoms with E-state index in [0.29, 0.717) is 12.5 Å². The van der Waals surface area contributed by atoms with Gasteiger partial charge in [0.2, 0.25) is 5.91 Å². The molecule has 1 amide bonds. The number of carbonyl (C=O) groups excluding carboxylic acids is 1. The Labute approximate surface area is 93.0 Å². The average Bonchev–Trinajstić information content (AvgIpc) is 2.95. The van der Waals surface area contributed by atoms with Crippen LogP contribution in [-0.2, 0) is 4.79 Å². The molecule has 94 valence electrons. The second kappa shape index (κ2) is 5.52. The molecule has 0 atom stereocenters. The summed E-state index contributed by atoms with van der Waals surface area (Å²) >= 11 is 0. The fourth-order valence-electron chi connectivity index (χ4n) is 1.41. The van der Waals surface area contributed by atoms with Crippen molar-refractivity contribution in [2.24, 2.45) is 0 Å². The normalized spacial score (nSPS) is 16.2. The summed E-state index contributed by atoms with van der Waals surface area (Å²) in [6.07, 6.45) is -1.75. The molecule has 0 heterocycles. The minimum atomic E-state index is -4.32. The topological polar surface area (TPSA) is 32.3 Å². The van der Waals surface area contributed by atoms with E-state index in [1.807, 2.05) is 0 Å². The molecule has 1 aliphatic rings. The van der Waals surface area contributed by atoms with Crippen molar-refractivity contribution < 1.29 is 18.0 Å². The molecule has 0 aromatic carbocycles. The fourth-order valence-corrected chi connectivity index (χ4v) is 1.41. The van der Waals surface area contributed by atoms with Crippen LogP contribution in [0.4, 0.5) is 13.2 Å². The largest absolute Gasteiger partial charge is 0.406 e. The lowest BCUT2D eigenvalue weighted by atomic mass is 10.3. The van der Waals surface area contributed by atoms with Crippen LogP contribution in [0.25, 0.3) is 0 Å². The Morgan fingerprint density at radius 1 is 1.44 bits per heavy atom. The van der Waals surface area contributed by atoms with Crippen LogP contribution in [0.3, 0.4) is 0 Å². The van der Waals surface area contributed by atoms with E-state index in [1.165, 1.54) is 0 Å². The molecule has 1 N–H and O–H groups in total. The van der Waals surface area contributed by atoms with Crippen LogP contribution in [0.15, 0.2) is 0 Å². The molecule has 6 heteroatoms. The van der Waals surface area contributed by atoms with Crippen molar-refractivity contribution in [2.75, 3.05) is 19.6 Å². The van der Waals surface area contributed by atoms with Gasteiger partial charge in [0.1, 0.15) is 6.54 Å². The predicted molar refractivity (Wildman–Crippen MR) is 54.0 cm³/mol. The van der Waals surface area contributed by atoms with E-state index in [2.05, 4.69) is 5.32 Å². The van der Waals surface area contributed by atoms with Gasteiger partial charge in [-0.05, 0) is 19.3 Å². The van der Waals surface area contributed by atoms with Gasteiger partial charge in [-0.2, -0.15) is 13.2 Å². The number of nitrogens with one attached hydrogen (secondary N) is 1. The van der Waals surface area contributed by atoms with Crippen molar-refractivity contribution in [3.63, 3.8) is 0 Å². The highest BCUT2D eigenvalue weighted by Crippen LogP contribution is 2.19. The summed E-state index contributed by atoms with van der Waals surface area (Å²) in [5.41, 5.74) is 0. The third-order valence-corrected chi connectivity index (χ3v) is 2.34. The molecule has 0 aromatic heterocycles. The third-order valence-electron chi connectivity index (χ3n) is 2.34. The van der Waals surface area contributed by atoms with Crippen LogP contribution in [0.2, 0.25) is 0 Å². The van der Waals surface area contributed by atoms with E-state index in [4.69, 9.17) is 0 Å². The van der Waals surface area contributed by atoms with Crippen LogP contribution in [0.5, 0.6) is 0 Å². The first-order valence-corrected chi connectivity index (χ1v) is 5.50. The summed E-state index contributed by atoms with van der Waals surface area (Å²) in [6, 6.07) is 0.332. The van der Waals surface area contributed by atoms with Crippen molar-refractivity contribution >= 4 is 5.91 Å². The Morgan fingerprint density at radius 2 is 2.06 bits per heavy atom. The lowest BCUT2D eigenvalue weighted by molar-refractivity contribution is -0.160. The van der Waals surface area contributed by atoms with Crippen molar-refractivity contribution in [2.45, 2.75) is 38.4 Å². The molecular formula is C10H17F3N2O. The second-order valence-corrected chi connectivity index (χ2v) is 4.09. The summed E-state index contributed by atoms with van der Waals surface area (Å²) in [7, 11) is 0. The van der Waals surface area contributed by atoms with E-state index in [0.717, 1.165) is 17.7 Å². The molecule has 0 unspecified atom stereocenters. The fraction of sp³-hybridized carbons (Fsp3) is 0.900. The average molecular weight is 238 g/mol. The highest BCUT2D eigenvalue weighted by Gasteiger charge is 2.33. The number of halogens is 3. The Bertz CT molecular complexity index is 239. The van der Waals surface area contributed by atoms with Gasteiger partial charge in [0.25, 0.3) is 0 Å². The van der Waals surface area contributed by atoms with Gasteiger partial charge in [-0.25, -0.2) is 0 Å². The zero-order valence-corrected chi connectivity index (χ0v) is 9.31. The first-order valence-electron chi connectivity index (χ1n) is 5.50. The zero-order valence-electron chi connectivity index (χ0n) is 9.31. The molecule has 1 aliphatic carbocycles. The SMILES string of the molecule is CCCN(CC(F)(F)F)C(=O)CNC1CC1. The summed E-state index contributed by atoms with van der Waals surface area (Å²) in [4.78, 5) is 12.4. The minimum absolute atomic E-state index is 0.0146. The van der Waals surface area contributed by atoms with Gasteiger partial charge >= 0.3 is 6.18 Å². The molecule has 0 saturated heterocycles. The first-order chi connectivity index (χ1) is 7.42. The van der Waals surface area contributed by atoms with E-state index >= 15 is 0 Å². The molecule has 1 saturated carbocycles. The molecule has 0 aliphatic heterocycles. The Morgan fingerprint density at radius 3 is 2.50 bits per heavy atom. The second-order valence-electron chi connectivity index (χ2n) is 4.09. The molecule has 1 fully saturated rings. The lowest BCUT2D eigenvalue weighted by Crippen LogP contribution is -2.44. The Balaban J connectivity index is 2.36. The van der Waals surface area contributed by atoms with Crippen molar-refractivity contribution in [3.05, 3.63) is 0 Å². The number of carbonyl (C=O) groups is 1. The van der Waals surface area contributed by atoms with Crippen molar-refractivity contribution in [1.82, 2.24) is 10.2 Å². The van der Waals surface area contributed by atoms with Crippen LogP contribution in [0.1, 0.15) is 26.2 Å². The van der Waals surface area contributed by atoms with Crippen LogP contribution in [-0.4, -0.2) is 42.7 Å². The summed E-state index contributed by atoms with van der Waals surface area (Å²) in [6.45, 7) is 0.780. The smallest absolute Gasteiger partial charge is 0.332 e. The van der Waals surface area contributed by atoms with Gasteiger partial charge in [0.15, 0.2) is 0 Å². The van der Waals surface area contributed by atoms with Crippen LogP contribution >= 0.6 is 0 Å². The number of nitrogens with zero attached hydrogens (tertiary/aromatic N) is 1. The van der Waals surface area contributed by atoms with Gasteiger partial charge in [-0.3, -0.25) is 4.79 Å². The molecule has 3 nitrogen and oxygen atoms in total. The molecule has 1 rings (SSSR count). The van der Waals surface area contributed by atoms with Crippen LogP contribution in [0, 0.1) is 0 Å². The highest BCUT2D eigenvalue weighted by atomic mass is 19.4. The number of hydrogen-bond acceptors (Lipinski definition) is 2. The number of hydrogen-bond donors (Lipinski definition) is 1. The summed E-state index contributed by atoms with van der Waals surface area (Å²) in [5.74, 6) is -0.467. The molecule has 0 bridgehead atoms. The quantitative estimate of drug-likeness (QED) is 0.761. The predicted octanol–water partition coefficient (Wildman–Crippen LogP) is 1.54. The molecule has 0 radical (unpaired) electrons. The van der Waals surface area contributed by atoms with Gasteiger partial charge in [0.05, 0.1) is 6.54 Å². The minimum Gasteiger partial charge on any atom is -0.332 e. The maximum atomic E-state index is 12.2. The monoisotopic (exact) mass is 238 g/mol. The first kappa shape index (κ1) is 13.3. The highest BCUT2D eigenvalue weighted by molar-refractivity contribution is 5.78. The van der Waals surface area contributed by atoms with E-state index in [9.17, 15) is 18.0 Å².